The van der Waals surface area contributed by atoms with Crippen molar-refractivity contribution in [3.63, 3.8) is 0 Å². The molecule has 7 heteroatoms. The van der Waals surface area contributed by atoms with E-state index >= 15 is 0 Å². The number of hydrogen-bond acceptors (Lipinski definition) is 4. The molecule has 0 amide bonds. The number of nitrogen functional groups attached to an aromatic ring is 1. The van der Waals surface area contributed by atoms with E-state index in [1.807, 2.05) is 12.1 Å². The Labute approximate surface area is 121 Å². The molecule has 0 saturated carbocycles. The molecule has 1 heterocycles. The molecule has 0 aliphatic carbocycles. The van der Waals surface area contributed by atoms with Gasteiger partial charge >= 0.3 is 6.36 Å². The van der Waals surface area contributed by atoms with Crippen LogP contribution in [-0.4, -0.2) is 11.3 Å². The third-order valence-corrected chi connectivity index (χ3v) is 3.82. The van der Waals surface area contributed by atoms with Crippen LogP contribution in [0.1, 0.15) is 0 Å². The highest BCUT2D eigenvalue weighted by Gasteiger charge is 2.31. The molecule has 1 aromatic heterocycles. The van der Waals surface area contributed by atoms with Crippen LogP contribution in [0, 0.1) is 0 Å². The van der Waals surface area contributed by atoms with E-state index in [9.17, 15) is 13.2 Å². The maximum Gasteiger partial charge on any atom is 0.573 e. The predicted molar refractivity (Wildman–Crippen MR) is 76.2 cm³/mol. The third kappa shape index (κ3) is 3.08. The van der Waals surface area contributed by atoms with Crippen LogP contribution < -0.4 is 10.5 Å². The molecule has 0 radical (unpaired) electrons. The number of nitrogens with zero attached hydrogens (tertiary/aromatic N) is 1. The second-order valence-corrected chi connectivity index (χ2v) is 5.35. The molecule has 0 fully saturated rings. The lowest BCUT2D eigenvalue weighted by Gasteiger charge is -2.07. The first-order chi connectivity index (χ1) is 9.90. The summed E-state index contributed by atoms with van der Waals surface area (Å²) in [5.41, 5.74) is 7.75. The van der Waals surface area contributed by atoms with Gasteiger partial charge in [-0.15, -0.1) is 24.5 Å². The molecule has 0 saturated heterocycles. The molecule has 2 aromatic carbocycles. The Balaban J connectivity index is 1.98. The molecule has 0 unspecified atom stereocenters. The van der Waals surface area contributed by atoms with Crippen molar-refractivity contribution >= 4 is 27.2 Å². The van der Waals surface area contributed by atoms with Crippen molar-refractivity contribution in [2.75, 3.05) is 5.73 Å². The Hall–Kier alpha value is -2.28. The van der Waals surface area contributed by atoms with Crippen molar-refractivity contribution in [1.82, 2.24) is 4.98 Å². The summed E-state index contributed by atoms with van der Waals surface area (Å²) in [4.78, 5) is 4.39. The lowest BCUT2D eigenvalue weighted by molar-refractivity contribution is -0.274. The lowest BCUT2D eigenvalue weighted by atomic mass is 10.2. The fourth-order valence-electron chi connectivity index (χ4n) is 1.85. The topological polar surface area (TPSA) is 48.1 Å². The summed E-state index contributed by atoms with van der Waals surface area (Å²) >= 11 is 1.30. The van der Waals surface area contributed by atoms with Gasteiger partial charge < -0.3 is 10.5 Å². The SMILES string of the molecule is Nc1ccc(-c2nc3ccc(OC(F)(F)F)cc3s2)cc1. The van der Waals surface area contributed by atoms with Gasteiger partial charge in [-0.25, -0.2) is 4.98 Å². The number of alkyl halides is 3. The normalized spacial score (nSPS) is 11.8. The monoisotopic (exact) mass is 310 g/mol. The summed E-state index contributed by atoms with van der Waals surface area (Å²) in [5, 5.41) is 0.717. The first-order valence-corrected chi connectivity index (χ1v) is 6.75. The number of ether oxygens (including phenoxy) is 1. The van der Waals surface area contributed by atoms with Gasteiger partial charge in [-0.3, -0.25) is 0 Å². The van der Waals surface area contributed by atoms with Crippen LogP contribution in [0.25, 0.3) is 20.8 Å². The predicted octanol–water partition coefficient (Wildman–Crippen LogP) is 4.44. The number of fused-ring (bicyclic) bond motifs is 1. The average Bonchev–Trinajstić information content (AvgIpc) is 2.80. The van der Waals surface area contributed by atoms with Gasteiger partial charge in [-0.2, -0.15) is 0 Å². The summed E-state index contributed by atoms with van der Waals surface area (Å²) in [6.45, 7) is 0. The maximum atomic E-state index is 12.2. The van der Waals surface area contributed by atoms with E-state index in [1.165, 1.54) is 29.5 Å². The maximum absolute atomic E-state index is 12.2. The summed E-state index contributed by atoms with van der Waals surface area (Å²) in [7, 11) is 0. The number of halogens is 3. The van der Waals surface area contributed by atoms with Gasteiger partial charge in [0.05, 0.1) is 10.2 Å². The van der Waals surface area contributed by atoms with Crippen molar-refractivity contribution in [2.24, 2.45) is 0 Å². The van der Waals surface area contributed by atoms with E-state index in [1.54, 1.807) is 12.1 Å². The number of hydrogen-bond donors (Lipinski definition) is 1. The molecule has 3 rings (SSSR count). The van der Waals surface area contributed by atoms with E-state index in [0.29, 0.717) is 20.9 Å². The molecule has 3 aromatic rings. The van der Waals surface area contributed by atoms with Gasteiger partial charge in [0.2, 0.25) is 0 Å². The number of thiazole rings is 1. The van der Waals surface area contributed by atoms with Gasteiger partial charge in [0.1, 0.15) is 10.8 Å². The van der Waals surface area contributed by atoms with Crippen molar-refractivity contribution in [3.05, 3.63) is 42.5 Å². The number of benzene rings is 2. The van der Waals surface area contributed by atoms with Crippen molar-refractivity contribution in [3.8, 4) is 16.3 Å². The number of rotatable bonds is 2. The van der Waals surface area contributed by atoms with Crippen LogP contribution in [0.5, 0.6) is 5.75 Å². The minimum absolute atomic E-state index is 0.248. The average molecular weight is 310 g/mol. The highest BCUT2D eigenvalue weighted by Crippen LogP contribution is 2.33. The number of aromatic nitrogens is 1. The molecular formula is C14H9F3N2OS. The van der Waals surface area contributed by atoms with Crippen LogP contribution in [-0.2, 0) is 0 Å². The van der Waals surface area contributed by atoms with Crippen LogP contribution >= 0.6 is 11.3 Å². The summed E-state index contributed by atoms with van der Waals surface area (Å²) < 4.78 is 41.1. The second kappa shape index (κ2) is 4.92. The van der Waals surface area contributed by atoms with Crippen LogP contribution in [0.3, 0.4) is 0 Å². The highest BCUT2D eigenvalue weighted by atomic mass is 32.1. The molecule has 0 spiro atoms. The zero-order chi connectivity index (χ0) is 15.0. The second-order valence-electron chi connectivity index (χ2n) is 4.32. The third-order valence-electron chi connectivity index (χ3n) is 2.75. The van der Waals surface area contributed by atoms with Crippen LogP contribution in [0.2, 0.25) is 0 Å². The molecule has 108 valence electrons. The quantitative estimate of drug-likeness (QED) is 0.712. The minimum atomic E-state index is -4.70. The highest BCUT2D eigenvalue weighted by molar-refractivity contribution is 7.21. The summed E-state index contributed by atoms with van der Waals surface area (Å²) in [6.07, 6.45) is -4.70. The fraction of sp³-hybridized carbons (Fsp3) is 0.0714. The molecule has 0 atom stereocenters. The first kappa shape index (κ1) is 13.7. The van der Waals surface area contributed by atoms with Gasteiger partial charge in [0, 0.05) is 11.3 Å². The smallest absolute Gasteiger partial charge is 0.406 e. The first-order valence-electron chi connectivity index (χ1n) is 5.93. The van der Waals surface area contributed by atoms with E-state index in [4.69, 9.17) is 5.73 Å². The Morgan fingerprint density at radius 2 is 1.76 bits per heavy atom. The molecule has 0 aliphatic heterocycles. The van der Waals surface area contributed by atoms with E-state index < -0.39 is 6.36 Å². The molecule has 0 aliphatic rings. The zero-order valence-corrected chi connectivity index (χ0v) is 11.3. The Kier molecular flexibility index (Phi) is 3.21. The number of nitrogens with two attached hydrogens (primary N) is 1. The largest absolute Gasteiger partial charge is 0.573 e. The molecule has 3 nitrogen and oxygen atoms in total. The Bertz CT molecular complexity index is 781. The fourth-order valence-corrected chi connectivity index (χ4v) is 2.85. The van der Waals surface area contributed by atoms with Crippen LogP contribution in [0.4, 0.5) is 18.9 Å². The van der Waals surface area contributed by atoms with Gasteiger partial charge in [-0.1, -0.05) is 0 Å². The summed E-state index contributed by atoms with van der Waals surface area (Å²) in [6, 6.07) is 11.2. The number of anilines is 1. The van der Waals surface area contributed by atoms with Gasteiger partial charge in [-0.05, 0) is 42.5 Å². The van der Waals surface area contributed by atoms with Gasteiger partial charge in [0.25, 0.3) is 0 Å². The van der Waals surface area contributed by atoms with E-state index in [2.05, 4.69) is 9.72 Å². The minimum Gasteiger partial charge on any atom is -0.406 e. The molecule has 0 bridgehead atoms. The van der Waals surface area contributed by atoms with Crippen molar-refractivity contribution in [1.29, 1.82) is 0 Å². The van der Waals surface area contributed by atoms with Crippen LogP contribution in [0.15, 0.2) is 42.5 Å². The van der Waals surface area contributed by atoms with Crippen molar-refractivity contribution in [2.45, 2.75) is 6.36 Å². The zero-order valence-electron chi connectivity index (χ0n) is 10.5. The lowest BCUT2D eigenvalue weighted by Crippen LogP contribution is -2.16. The molecular weight excluding hydrogens is 301 g/mol. The van der Waals surface area contributed by atoms with E-state index in [-0.39, 0.29) is 5.75 Å². The summed E-state index contributed by atoms with van der Waals surface area (Å²) in [5.74, 6) is -0.248. The molecule has 21 heavy (non-hydrogen) atoms. The molecule has 2 N–H and O–H groups in total. The van der Waals surface area contributed by atoms with Gasteiger partial charge in [0.15, 0.2) is 0 Å². The standard InChI is InChI=1S/C14H9F3N2OS/c15-14(16,17)20-10-5-6-11-12(7-10)21-13(19-11)8-1-3-9(18)4-2-8/h1-7H,18H2. The Morgan fingerprint density at radius 3 is 2.43 bits per heavy atom. The van der Waals surface area contributed by atoms with Crippen molar-refractivity contribution < 1.29 is 17.9 Å². The Morgan fingerprint density at radius 1 is 1.05 bits per heavy atom. The van der Waals surface area contributed by atoms with E-state index in [0.717, 1.165) is 5.56 Å².